The summed E-state index contributed by atoms with van der Waals surface area (Å²) in [6, 6.07) is 14.3. The molecule has 3 rings (SSSR count). The summed E-state index contributed by atoms with van der Waals surface area (Å²) in [7, 11) is 0. The summed E-state index contributed by atoms with van der Waals surface area (Å²) in [4.78, 5) is 30.2. The Hall–Kier alpha value is -2.42. The van der Waals surface area contributed by atoms with Crippen molar-refractivity contribution >= 4 is 39.6 Å². The molecular weight excluding hydrogens is 469 g/mol. The normalized spacial score (nSPS) is 12.6. The highest BCUT2D eigenvalue weighted by Gasteiger charge is 2.22. The van der Waals surface area contributed by atoms with Crippen LogP contribution in [0.4, 0.5) is 4.79 Å². The number of hydrogen-bond donors (Lipinski definition) is 1. The number of halogens is 1. The second-order valence-corrected chi connectivity index (χ2v) is 8.72. The number of ether oxygens (including phenoxy) is 1. The Kier molecular flexibility index (Phi) is 5.74. The van der Waals surface area contributed by atoms with Gasteiger partial charge in [0.15, 0.2) is 0 Å². The van der Waals surface area contributed by atoms with Gasteiger partial charge in [-0.25, -0.2) is 9.78 Å². The molecule has 28 heavy (non-hydrogen) atoms. The van der Waals surface area contributed by atoms with E-state index in [0.29, 0.717) is 22.4 Å². The lowest BCUT2D eigenvalue weighted by Crippen LogP contribution is -2.36. The molecule has 0 aliphatic rings. The number of hydrogen-bond acceptors (Lipinski definition) is 4. The van der Waals surface area contributed by atoms with Crippen LogP contribution in [-0.4, -0.2) is 21.2 Å². The van der Waals surface area contributed by atoms with Crippen LogP contribution >= 0.6 is 22.6 Å². The fraction of sp³-hybridized carbons (Fsp3) is 0.286. The smallest absolute Gasteiger partial charge is 0.408 e. The number of benzene rings is 2. The van der Waals surface area contributed by atoms with Gasteiger partial charge in [-0.3, -0.25) is 9.36 Å². The second kappa shape index (κ2) is 7.90. The van der Waals surface area contributed by atoms with Gasteiger partial charge in [-0.15, -0.1) is 0 Å². The maximum atomic E-state index is 13.3. The van der Waals surface area contributed by atoms with E-state index in [2.05, 4.69) is 27.9 Å². The molecule has 7 heteroatoms. The number of para-hydroxylation sites is 1. The van der Waals surface area contributed by atoms with Crippen LogP contribution in [0, 0.1) is 3.57 Å². The van der Waals surface area contributed by atoms with Crippen molar-refractivity contribution in [2.24, 2.45) is 0 Å². The molecule has 0 aliphatic carbocycles. The molecule has 0 bridgehead atoms. The minimum atomic E-state index is -0.615. The zero-order valence-corrected chi connectivity index (χ0v) is 18.4. The fourth-order valence-corrected chi connectivity index (χ4v) is 3.33. The molecule has 0 unspecified atom stereocenters. The molecule has 1 heterocycles. The predicted molar refractivity (Wildman–Crippen MR) is 118 cm³/mol. The van der Waals surface area contributed by atoms with Crippen molar-refractivity contribution in [3.8, 4) is 5.69 Å². The molecule has 1 N–H and O–H groups in total. The molecule has 2 aromatic carbocycles. The maximum absolute atomic E-state index is 13.3. The van der Waals surface area contributed by atoms with Crippen LogP contribution in [0.3, 0.4) is 0 Å². The number of carbonyl (C=O) groups is 1. The van der Waals surface area contributed by atoms with Crippen LogP contribution in [0.5, 0.6) is 0 Å². The summed E-state index contributed by atoms with van der Waals surface area (Å²) in [5.41, 5.74) is 0.484. The van der Waals surface area contributed by atoms with E-state index in [0.717, 1.165) is 3.57 Å². The molecule has 0 aliphatic heterocycles. The summed E-state index contributed by atoms with van der Waals surface area (Å²) in [5, 5.41) is 3.31. The van der Waals surface area contributed by atoms with Crippen molar-refractivity contribution in [1.82, 2.24) is 14.9 Å². The van der Waals surface area contributed by atoms with Crippen molar-refractivity contribution in [1.29, 1.82) is 0 Å². The fourth-order valence-electron chi connectivity index (χ4n) is 2.84. The van der Waals surface area contributed by atoms with E-state index >= 15 is 0 Å². The third-order valence-corrected chi connectivity index (χ3v) is 4.66. The number of amides is 1. The molecular formula is C21H22IN3O3. The van der Waals surface area contributed by atoms with Crippen molar-refractivity contribution in [3.05, 3.63) is 68.3 Å². The third kappa shape index (κ3) is 4.52. The summed E-state index contributed by atoms with van der Waals surface area (Å²) in [6.45, 7) is 7.18. The van der Waals surface area contributed by atoms with Gasteiger partial charge in [-0.1, -0.05) is 18.2 Å². The van der Waals surface area contributed by atoms with Gasteiger partial charge in [0.05, 0.1) is 22.6 Å². The van der Waals surface area contributed by atoms with Crippen LogP contribution in [0.15, 0.2) is 53.3 Å². The lowest BCUT2D eigenvalue weighted by atomic mass is 10.2. The summed E-state index contributed by atoms with van der Waals surface area (Å²) in [5.74, 6) is 0.441. The van der Waals surface area contributed by atoms with Crippen molar-refractivity contribution in [2.75, 3.05) is 0 Å². The quantitative estimate of drug-likeness (QED) is 0.545. The van der Waals surface area contributed by atoms with E-state index in [-0.39, 0.29) is 5.56 Å². The zero-order chi connectivity index (χ0) is 20.5. The van der Waals surface area contributed by atoms with E-state index in [4.69, 9.17) is 9.72 Å². The van der Waals surface area contributed by atoms with Gasteiger partial charge < -0.3 is 10.1 Å². The standard InChI is InChI=1S/C21H22IN3O3/c1-13(23-20(27)28-21(2,3)4)18-24-17-11-10-14(22)12-16(17)19(26)25(18)15-8-6-5-7-9-15/h5-13H,1-4H3,(H,23,27)/t13-/m0/s1. The Morgan fingerprint density at radius 1 is 1.18 bits per heavy atom. The first-order valence-electron chi connectivity index (χ1n) is 8.93. The lowest BCUT2D eigenvalue weighted by molar-refractivity contribution is 0.0505. The average Bonchev–Trinajstić information content (AvgIpc) is 2.61. The SMILES string of the molecule is C[C@H](NC(=O)OC(C)(C)C)c1nc2ccc(I)cc2c(=O)n1-c1ccccc1. The van der Waals surface area contributed by atoms with Gasteiger partial charge in [-0.2, -0.15) is 0 Å². The Bertz CT molecular complexity index is 1070. The summed E-state index contributed by atoms with van der Waals surface area (Å²) in [6.07, 6.45) is -0.559. The van der Waals surface area contributed by atoms with E-state index in [9.17, 15) is 9.59 Å². The van der Waals surface area contributed by atoms with Gasteiger partial charge in [0.25, 0.3) is 5.56 Å². The first kappa shape index (κ1) is 20.3. The number of alkyl carbamates (subject to hydrolysis) is 1. The average molecular weight is 491 g/mol. The highest BCUT2D eigenvalue weighted by molar-refractivity contribution is 14.1. The zero-order valence-electron chi connectivity index (χ0n) is 16.2. The van der Waals surface area contributed by atoms with E-state index in [1.165, 1.54) is 0 Å². The number of nitrogens with one attached hydrogen (secondary N) is 1. The van der Waals surface area contributed by atoms with Gasteiger partial charge in [-0.05, 0) is 80.6 Å². The monoisotopic (exact) mass is 491 g/mol. The maximum Gasteiger partial charge on any atom is 0.408 e. The Morgan fingerprint density at radius 2 is 1.86 bits per heavy atom. The summed E-state index contributed by atoms with van der Waals surface area (Å²) < 4.78 is 7.84. The molecule has 0 fully saturated rings. The highest BCUT2D eigenvalue weighted by atomic mass is 127. The number of carbonyl (C=O) groups excluding carboxylic acids is 1. The molecule has 3 aromatic rings. The van der Waals surface area contributed by atoms with Crippen molar-refractivity contribution < 1.29 is 9.53 Å². The molecule has 0 saturated carbocycles. The van der Waals surface area contributed by atoms with Gasteiger partial charge in [0, 0.05) is 3.57 Å². The topological polar surface area (TPSA) is 73.2 Å². The predicted octanol–water partition coefficient (Wildman–Crippen LogP) is 4.58. The number of nitrogens with zero attached hydrogens (tertiary/aromatic N) is 2. The molecule has 1 atom stereocenters. The Morgan fingerprint density at radius 3 is 2.50 bits per heavy atom. The van der Waals surface area contributed by atoms with Crippen LogP contribution in [0.25, 0.3) is 16.6 Å². The van der Waals surface area contributed by atoms with Gasteiger partial charge in [0.1, 0.15) is 11.4 Å². The third-order valence-electron chi connectivity index (χ3n) is 3.99. The van der Waals surface area contributed by atoms with Crippen LogP contribution in [-0.2, 0) is 4.74 Å². The largest absolute Gasteiger partial charge is 0.444 e. The molecule has 1 amide bonds. The number of rotatable bonds is 3. The minimum absolute atomic E-state index is 0.178. The highest BCUT2D eigenvalue weighted by Crippen LogP contribution is 2.20. The van der Waals surface area contributed by atoms with Crippen LogP contribution < -0.4 is 10.9 Å². The lowest BCUT2D eigenvalue weighted by Gasteiger charge is -2.23. The van der Waals surface area contributed by atoms with E-state index < -0.39 is 17.7 Å². The summed E-state index contributed by atoms with van der Waals surface area (Å²) >= 11 is 2.17. The molecule has 0 spiro atoms. The number of fused-ring (bicyclic) bond motifs is 1. The first-order chi connectivity index (χ1) is 13.2. The molecule has 6 nitrogen and oxygen atoms in total. The van der Waals surface area contributed by atoms with Gasteiger partial charge in [0.2, 0.25) is 0 Å². The van der Waals surface area contributed by atoms with Crippen molar-refractivity contribution in [3.63, 3.8) is 0 Å². The molecule has 146 valence electrons. The van der Waals surface area contributed by atoms with Crippen molar-refractivity contribution in [2.45, 2.75) is 39.3 Å². The molecule has 0 saturated heterocycles. The Balaban J connectivity index is 2.14. The Labute approximate surface area is 177 Å². The van der Waals surface area contributed by atoms with E-state index in [1.54, 1.807) is 32.3 Å². The second-order valence-electron chi connectivity index (χ2n) is 7.48. The first-order valence-corrected chi connectivity index (χ1v) is 10.0. The van der Waals surface area contributed by atoms with E-state index in [1.807, 2.05) is 48.5 Å². The van der Waals surface area contributed by atoms with Crippen LogP contribution in [0.2, 0.25) is 0 Å². The van der Waals surface area contributed by atoms with Crippen LogP contribution in [0.1, 0.15) is 39.6 Å². The number of aromatic nitrogens is 2. The minimum Gasteiger partial charge on any atom is -0.444 e. The van der Waals surface area contributed by atoms with Gasteiger partial charge >= 0.3 is 6.09 Å². The molecule has 0 radical (unpaired) electrons. The molecule has 1 aromatic heterocycles.